The van der Waals surface area contributed by atoms with Crippen LogP contribution in [0.3, 0.4) is 0 Å². The second kappa shape index (κ2) is 10.8. The van der Waals surface area contributed by atoms with Crippen LogP contribution in [0.2, 0.25) is 0 Å². The van der Waals surface area contributed by atoms with Gasteiger partial charge in [0.2, 0.25) is 5.25 Å². The first-order chi connectivity index (χ1) is 15.5. The van der Waals surface area contributed by atoms with Gasteiger partial charge in [0.25, 0.3) is 16.0 Å². The van der Waals surface area contributed by atoms with Crippen LogP contribution < -0.4 is 10.2 Å². The molecule has 2 atom stereocenters. The highest BCUT2D eigenvalue weighted by molar-refractivity contribution is 7.87. The molecule has 0 aliphatic carbocycles. The van der Waals surface area contributed by atoms with E-state index in [-0.39, 0.29) is 30.7 Å². The van der Waals surface area contributed by atoms with Crippen molar-refractivity contribution in [3.05, 3.63) is 40.3 Å². The largest absolute Gasteiger partial charge is 0.417 e. The lowest BCUT2D eigenvalue weighted by Crippen LogP contribution is -2.52. The zero-order chi connectivity index (χ0) is 24.6. The molecule has 1 aliphatic rings. The average Bonchev–Trinajstić information content (AvgIpc) is 2.98. The summed E-state index contributed by atoms with van der Waals surface area (Å²) in [5, 5.41) is 13.3. The van der Waals surface area contributed by atoms with Crippen molar-refractivity contribution in [3.63, 3.8) is 0 Å². The van der Waals surface area contributed by atoms with E-state index in [1.165, 1.54) is 12.1 Å². The van der Waals surface area contributed by atoms with Gasteiger partial charge < -0.3 is 10.2 Å². The average molecular weight is 486 g/mol. The number of unbranched alkanes of at least 4 members (excludes halogenated alkanes) is 2. The summed E-state index contributed by atoms with van der Waals surface area (Å²) in [6.45, 7) is 0.219. The van der Waals surface area contributed by atoms with Crippen molar-refractivity contribution in [3.8, 4) is 5.75 Å². The van der Waals surface area contributed by atoms with Gasteiger partial charge in [-0.15, -0.1) is 0 Å². The number of hydroxylamine groups is 4. The quantitative estimate of drug-likeness (QED) is 0.0462. The van der Waals surface area contributed by atoms with Gasteiger partial charge in [-0.1, -0.05) is 18.6 Å². The number of imide groups is 1. The van der Waals surface area contributed by atoms with Gasteiger partial charge in [0.1, 0.15) is 22.3 Å². The van der Waals surface area contributed by atoms with Crippen LogP contribution in [0.5, 0.6) is 5.75 Å². The summed E-state index contributed by atoms with van der Waals surface area (Å²) < 4.78 is 31.2. The molecule has 3 N–H and O–H groups in total. The molecule has 178 valence electrons. The Balaban J connectivity index is 1.75. The number of hydrogen-bond acceptors (Lipinski definition) is 10. The summed E-state index contributed by atoms with van der Waals surface area (Å²) >= 11 is 0. The molecule has 0 saturated carbocycles. The Hall–Kier alpha value is -3.56. The number of azide groups is 1. The summed E-state index contributed by atoms with van der Waals surface area (Å²) in [5.41, 5.74) is 8.45. The third-order valence-electron chi connectivity index (χ3n) is 4.52. The minimum Gasteiger partial charge on any atom is -0.393 e. The van der Waals surface area contributed by atoms with Crippen molar-refractivity contribution in [2.24, 2.45) is 5.28 Å². The summed E-state index contributed by atoms with van der Waals surface area (Å²) in [5.74, 6) is -4.63. The molecule has 1 aromatic rings. The van der Waals surface area contributed by atoms with E-state index >= 15 is 0 Å². The number of amides is 3. The predicted octanol–water partition coefficient (Wildman–Crippen LogP) is 0.958. The monoisotopic (exact) mass is 486 g/mol. The molecule has 0 bridgehead atoms. The fourth-order valence-electron chi connectivity index (χ4n) is 2.87. The van der Waals surface area contributed by atoms with Gasteiger partial charge in [0, 0.05) is 11.5 Å². The van der Waals surface area contributed by atoms with E-state index in [9.17, 15) is 32.8 Å². The number of benzene rings is 1. The van der Waals surface area contributed by atoms with E-state index < -0.39 is 50.3 Å². The minimum absolute atomic E-state index is 0.0684. The smallest absolute Gasteiger partial charge is 0.393 e. The van der Waals surface area contributed by atoms with Gasteiger partial charge >= 0.3 is 17.8 Å². The number of quaternary nitrogens is 1. The van der Waals surface area contributed by atoms with Gasteiger partial charge in [-0.2, -0.15) is 13.6 Å². The number of nitrogens with zero attached hydrogens (tertiary/aromatic N) is 4. The van der Waals surface area contributed by atoms with Crippen LogP contribution in [0, 0.1) is 0 Å². The zero-order valence-electron chi connectivity index (χ0n) is 17.0. The van der Waals surface area contributed by atoms with Gasteiger partial charge in [-0.25, -0.2) is 19.2 Å². The molecule has 1 aromatic carbocycles. The van der Waals surface area contributed by atoms with Crippen molar-refractivity contribution >= 4 is 33.8 Å². The van der Waals surface area contributed by atoms with Crippen LogP contribution in [0.25, 0.3) is 10.4 Å². The Labute approximate surface area is 186 Å². The second-order valence-electron chi connectivity index (χ2n) is 6.80. The molecule has 33 heavy (non-hydrogen) atoms. The topological polar surface area (TPSA) is 222 Å². The van der Waals surface area contributed by atoms with Gasteiger partial charge in [0.05, 0.1) is 12.0 Å². The molecular formula is C17H20N5O10S+. The Kier molecular flexibility index (Phi) is 8.44. The second-order valence-corrected chi connectivity index (χ2v) is 8.40. The first kappa shape index (κ1) is 25.7. The van der Waals surface area contributed by atoms with E-state index in [0.29, 0.717) is 12.8 Å². The molecule has 16 heteroatoms. The molecule has 2 unspecified atom stereocenters. The van der Waals surface area contributed by atoms with Gasteiger partial charge in [-0.3, -0.25) is 9.35 Å². The number of rotatable bonds is 11. The summed E-state index contributed by atoms with van der Waals surface area (Å²) in [4.78, 5) is 56.9. The maximum absolute atomic E-state index is 12.2. The van der Waals surface area contributed by atoms with Crippen LogP contribution in [-0.4, -0.2) is 58.5 Å². The molecule has 0 aromatic heterocycles. The lowest BCUT2D eigenvalue weighted by Gasteiger charge is -2.16. The first-order valence-corrected chi connectivity index (χ1v) is 11.0. The van der Waals surface area contributed by atoms with Crippen LogP contribution in [-0.2, 0) is 29.3 Å². The van der Waals surface area contributed by atoms with Crippen molar-refractivity contribution in [2.45, 2.75) is 37.4 Å². The van der Waals surface area contributed by atoms with Crippen LogP contribution in [0.4, 0.5) is 0 Å². The van der Waals surface area contributed by atoms with Gasteiger partial charge in [0.15, 0.2) is 0 Å². The molecule has 1 aliphatic heterocycles. The molecule has 1 heterocycles. The van der Waals surface area contributed by atoms with Crippen molar-refractivity contribution < 1.29 is 51.8 Å². The van der Waals surface area contributed by atoms with E-state index in [1.807, 2.05) is 0 Å². The molecule has 2 rings (SSSR count). The van der Waals surface area contributed by atoms with E-state index in [1.54, 1.807) is 12.1 Å². The highest BCUT2D eigenvalue weighted by Gasteiger charge is 2.65. The summed E-state index contributed by atoms with van der Waals surface area (Å²) in [7, 11) is -4.95. The van der Waals surface area contributed by atoms with Gasteiger partial charge in [-0.05, 0) is 30.5 Å². The standard InChI is InChI=1S/C17H19N5O10S/c18-20-21-31-12-7-4-3-6-11(12)16(25)19-9-5-1-2-8-15(24)32-22(27)14(23)10-13(17(22)26)33(28,29)30/h3-4,6-7,13,27H,1-2,5,8-10H2,(H-,19,25,28,29,30)/p+1. The fraction of sp³-hybridized carbons (Fsp3) is 0.412. The van der Waals surface area contributed by atoms with Crippen molar-refractivity contribution in [1.29, 1.82) is 0 Å². The summed E-state index contributed by atoms with van der Waals surface area (Å²) in [6.07, 6.45) is -0.296. The molecule has 1 fully saturated rings. The highest BCUT2D eigenvalue weighted by atomic mass is 32.2. The number of para-hydroxylation sites is 1. The Bertz CT molecular complexity index is 1100. The number of carbonyl (C=O) groups excluding carboxylic acids is 4. The van der Waals surface area contributed by atoms with Crippen LogP contribution >= 0.6 is 0 Å². The third kappa shape index (κ3) is 6.47. The van der Waals surface area contributed by atoms with Crippen molar-refractivity contribution in [1.82, 2.24) is 5.32 Å². The SMILES string of the molecule is [N-]=[N+]=NOc1ccccc1C(=O)NCCCCCC(=O)O[N+]1(O)C(=O)CC(S(=O)(=O)O)C1=O. The molecule has 15 nitrogen and oxygen atoms in total. The minimum atomic E-state index is -4.95. The molecule has 1 saturated heterocycles. The molecule has 0 spiro atoms. The number of nitrogens with one attached hydrogen (secondary N) is 1. The highest BCUT2D eigenvalue weighted by Crippen LogP contribution is 2.26. The Morgan fingerprint density at radius 3 is 2.58 bits per heavy atom. The normalized spacial score (nSPS) is 20.1. The summed E-state index contributed by atoms with van der Waals surface area (Å²) in [6, 6.07) is 6.09. The Morgan fingerprint density at radius 1 is 1.24 bits per heavy atom. The van der Waals surface area contributed by atoms with Crippen LogP contribution in [0.1, 0.15) is 42.5 Å². The maximum Gasteiger partial charge on any atom is 0.417 e. The van der Waals surface area contributed by atoms with E-state index in [2.05, 4.69) is 20.3 Å². The molecule has 3 amide bonds. The van der Waals surface area contributed by atoms with E-state index in [4.69, 9.17) is 14.9 Å². The first-order valence-electron chi connectivity index (χ1n) is 9.47. The predicted molar refractivity (Wildman–Crippen MR) is 105 cm³/mol. The lowest BCUT2D eigenvalue weighted by atomic mass is 10.1. The third-order valence-corrected chi connectivity index (χ3v) is 5.60. The maximum atomic E-state index is 12.2. The zero-order valence-corrected chi connectivity index (χ0v) is 17.8. The Morgan fingerprint density at radius 2 is 1.94 bits per heavy atom. The number of hydrogen-bond donors (Lipinski definition) is 3. The molecule has 0 radical (unpaired) electrons. The number of carbonyl (C=O) groups is 4. The van der Waals surface area contributed by atoms with Crippen LogP contribution in [0.15, 0.2) is 29.5 Å². The fourth-order valence-corrected chi connectivity index (χ4v) is 3.62. The molecular weight excluding hydrogens is 466 g/mol. The van der Waals surface area contributed by atoms with E-state index in [0.717, 1.165) is 0 Å². The lowest BCUT2D eigenvalue weighted by molar-refractivity contribution is -1.12. The van der Waals surface area contributed by atoms with Crippen molar-refractivity contribution in [2.75, 3.05) is 6.54 Å².